The van der Waals surface area contributed by atoms with Gasteiger partial charge in [-0.1, -0.05) is 83.9 Å². The number of hydrogen-bond acceptors (Lipinski definition) is 4. The van der Waals surface area contributed by atoms with Gasteiger partial charge in [0, 0.05) is 24.7 Å². The van der Waals surface area contributed by atoms with Crippen molar-refractivity contribution in [1.29, 1.82) is 0 Å². The van der Waals surface area contributed by atoms with Crippen LogP contribution in [-0.2, 0) is 10.2 Å². The number of phenolic OH excluding ortho intramolecular Hbond substituents is 1. The molecule has 1 atom stereocenters. The van der Waals surface area contributed by atoms with E-state index in [1.165, 1.54) is 12.1 Å². The van der Waals surface area contributed by atoms with Crippen molar-refractivity contribution in [2.24, 2.45) is 5.73 Å². The Bertz CT molecular complexity index is 1160. The number of carbonyl (C=O) groups is 1. The van der Waals surface area contributed by atoms with Gasteiger partial charge in [0.25, 0.3) is 0 Å². The molecule has 0 aromatic heterocycles. The quantitative estimate of drug-likeness (QED) is 0.348. The smallest absolute Gasteiger partial charge is 0.232 e. The molecule has 1 saturated heterocycles. The van der Waals surface area contributed by atoms with Gasteiger partial charge in [-0.05, 0) is 50.3 Å². The summed E-state index contributed by atoms with van der Waals surface area (Å²) in [4.78, 5) is 15.5. The number of primary amides is 1. The van der Waals surface area contributed by atoms with Crippen LogP contribution in [0.25, 0.3) is 0 Å². The Morgan fingerprint density at radius 1 is 1.00 bits per heavy atom. The third-order valence-corrected chi connectivity index (χ3v) is 7.96. The second-order valence-corrected chi connectivity index (χ2v) is 10.8. The number of likely N-dealkylation sites (tertiary alicyclic amines) is 1. The van der Waals surface area contributed by atoms with Crippen LogP contribution in [0, 0.1) is 0 Å². The van der Waals surface area contributed by atoms with Crippen LogP contribution in [0.1, 0.15) is 44.2 Å². The number of aromatic hydroxyl groups is 1. The molecule has 1 unspecified atom stereocenters. The highest BCUT2D eigenvalue weighted by atomic mass is 35.5. The van der Waals surface area contributed by atoms with Gasteiger partial charge < -0.3 is 15.6 Å². The van der Waals surface area contributed by atoms with E-state index in [-0.39, 0.29) is 28.3 Å². The second kappa shape index (κ2) is 10.7. The number of halogens is 2. The SMILES string of the molecule is CC(C)(CCC(C(N)=O)(c1ccccc1)c1ccccc1)N1CCC(Oc2cc(O)c(Cl)cc2Cl)C1. The van der Waals surface area contributed by atoms with Crippen molar-refractivity contribution in [3.8, 4) is 11.5 Å². The van der Waals surface area contributed by atoms with E-state index in [9.17, 15) is 9.90 Å². The van der Waals surface area contributed by atoms with Crippen LogP contribution in [-0.4, -0.2) is 40.6 Å². The van der Waals surface area contributed by atoms with E-state index in [0.29, 0.717) is 23.7 Å². The summed E-state index contributed by atoms with van der Waals surface area (Å²) in [7, 11) is 0. The fraction of sp³-hybridized carbons (Fsp3) is 0.345. The third-order valence-electron chi connectivity index (χ3n) is 7.36. The molecule has 3 aromatic carbocycles. The van der Waals surface area contributed by atoms with Crippen LogP contribution in [0.3, 0.4) is 0 Å². The number of hydrogen-bond donors (Lipinski definition) is 2. The number of nitrogens with two attached hydrogens (primary N) is 1. The van der Waals surface area contributed by atoms with Gasteiger partial charge in [0.1, 0.15) is 17.6 Å². The molecule has 36 heavy (non-hydrogen) atoms. The summed E-state index contributed by atoms with van der Waals surface area (Å²) in [6.07, 6.45) is 2.06. The third kappa shape index (κ3) is 5.34. The van der Waals surface area contributed by atoms with Gasteiger partial charge in [-0.3, -0.25) is 9.69 Å². The molecule has 1 aliphatic heterocycles. The normalized spacial score (nSPS) is 16.7. The van der Waals surface area contributed by atoms with E-state index in [4.69, 9.17) is 33.7 Å². The molecular formula is C29H32Cl2N2O3. The number of rotatable bonds is 9. The maximum atomic E-state index is 13.1. The van der Waals surface area contributed by atoms with Crippen molar-refractivity contribution >= 4 is 29.1 Å². The molecule has 4 rings (SSSR count). The summed E-state index contributed by atoms with van der Waals surface area (Å²) in [5.41, 5.74) is 6.81. The molecule has 190 valence electrons. The van der Waals surface area contributed by atoms with Crippen molar-refractivity contribution in [2.75, 3.05) is 13.1 Å². The van der Waals surface area contributed by atoms with Gasteiger partial charge >= 0.3 is 0 Å². The first kappa shape index (κ1) is 26.3. The topological polar surface area (TPSA) is 75.8 Å². The monoisotopic (exact) mass is 526 g/mol. The Balaban J connectivity index is 1.52. The van der Waals surface area contributed by atoms with E-state index >= 15 is 0 Å². The average molecular weight is 527 g/mol. The van der Waals surface area contributed by atoms with Gasteiger partial charge in [-0.15, -0.1) is 0 Å². The number of amides is 1. The molecule has 5 nitrogen and oxygen atoms in total. The summed E-state index contributed by atoms with van der Waals surface area (Å²) in [6, 6.07) is 22.6. The highest BCUT2D eigenvalue weighted by molar-refractivity contribution is 6.36. The Morgan fingerprint density at radius 3 is 2.14 bits per heavy atom. The summed E-state index contributed by atoms with van der Waals surface area (Å²) in [5.74, 6) is 0.00973. The van der Waals surface area contributed by atoms with E-state index in [2.05, 4.69) is 18.7 Å². The lowest BCUT2D eigenvalue weighted by Gasteiger charge is -2.40. The number of carbonyl (C=O) groups excluding carboxylic acids is 1. The van der Waals surface area contributed by atoms with Gasteiger partial charge in [-0.2, -0.15) is 0 Å². The Hall–Kier alpha value is -2.73. The molecule has 0 saturated carbocycles. The van der Waals surface area contributed by atoms with Crippen LogP contribution in [0.15, 0.2) is 72.8 Å². The minimum atomic E-state index is -0.927. The Kier molecular flexibility index (Phi) is 7.84. The lowest BCUT2D eigenvalue weighted by atomic mass is 9.69. The molecule has 1 heterocycles. The molecule has 7 heteroatoms. The standard InChI is InChI=1S/C29H32Cl2N2O3/c1-28(2,33-16-13-22(19-33)36-26-18-25(34)23(30)17-24(26)31)14-15-29(27(32)35,20-9-5-3-6-10-20)21-11-7-4-8-12-21/h3-12,17-18,22,34H,13-16,19H2,1-2H3,(H2,32,35). The van der Waals surface area contributed by atoms with E-state index in [1.807, 2.05) is 60.7 Å². The van der Waals surface area contributed by atoms with Crippen molar-refractivity contribution in [2.45, 2.75) is 50.2 Å². The van der Waals surface area contributed by atoms with Crippen LogP contribution in [0.2, 0.25) is 10.0 Å². The highest BCUT2D eigenvalue weighted by Crippen LogP contribution is 2.41. The summed E-state index contributed by atoms with van der Waals surface area (Å²) < 4.78 is 6.12. The van der Waals surface area contributed by atoms with Crippen LogP contribution in [0.4, 0.5) is 0 Å². The molecular weight excluding hydrogens is 495 g/mol. The molecule has 0 bridgehead atoms. The average Bonchev–Trinajstić information content (AvgIpc) is 3.34. The van der Waals surface area contributed by atoms with Crippen molar-refractivity contribution in [3.05, 3.63) is 94.0 Å². The zero-order valence-electron chi connectivity index (χ0n) is 20.6. The fourth-order valence-corrected chi connectivity index (χ4v) is 5.55. The van der Waals surface area contributed by atoms with Gasteiger partial charge in [-0.25, -0.2) is 0 Å². The van der Waals surface area contributed by atoms with Crippen LogP contribution in [0.5, 0.6) is 11.5 Å². The molecule has 1 amide bonds. The summed E-state index contributed by atoms with van der Waals surface area (Å²) in [5, 5.41) is 10.5. The zero-order valence-corrected chi connectivity index (χ0v) is 22.1. The number of benzene rings is 3. The van der Waals surface area contributed by atoms with Crippen molar-refractivity contribution in [1.82, 2.24) is 4.90 Å². The largest absolute Gasteiger partial charge is 0.506 e. The molecule has 3 aromatic rings. The van der Waals surface area contributed by atoms with Gasteiger partial charge in [0.15, 0.2) is 0 Å². The lowest BCUT2D eigenvalue weighted by molar-refractivity contribution is -0.122. The predicted octanol–water partition coefficient (Wildman–Crippen LogP) is 6.18. The molecule has 0 spiro atoms. The van der Waals surface area contributed by atoms with Gasteiger partial charge in [0.2, 0.25) is 5.91 Å². The van der Waals surface area contributed by atoms with Crippen molar-refractivity contribution < 1.29 is 14.6 Å². The number of nitrogens with zero attached hydrogens (tertiary/aromatic N) is 1. The first-order chi connectivity index (χ1) is 17.1. The number of ether oxygens (including phenoxy) is 1. The van der Waals surface area contributed by atoms with E-state index in [0.717, 1.165) is 30.5 Å². The molecule has 3 N–H and O–H groups in total. The summed E-state index contributed by atoms with van der Waals surface area (Å²) in [6.45, 7) is 5.93. The molecule has 0 radical (unpaired) electrons. The number of phenols is 1. The van der Waals surface area contributed by atoms with Crippen LogP contribution >= 0.6 is 23.2 Å². The minimum absolute atomic E-state index is 0.0594. The molecule has 0 aliphatic carbocycles. The zero-order chi connectivity index (χ0) is 25.9. The first-order valence-corrected chi connectivity index (χ1v) is 12.9. The second-order valence-electron chi connectivity index (χ2n) is 10.0. The lowest BCUT2D eigenvalue weighted by Crippen LogP contribution is -2.47. The van der Waals surface area contributed by atoms with E-state index < -0.39 is 5.41 Å². The fourth-order valence-electron chi connectivity index (χ4n) is 5.12. The van der Waals surface area contributed by atoms with Crippen molar-refractivity contribution in [3.63, 3.8) is 0 Å². The maximum absolute atomic E-state index is 13.1. The Morgan fingerprint density at radius 2 is 1.58 bits per heavy atom. The highest BCUT2D eigenvalue weighted by Gasteiger charge is 2.43. The maximum Gasteiger partial charge on any atom is 0.232 e. The minimum Gasteiger partial charge on any atom is -0.506 e. The summed E-state index contributed by atoms with van der Waals surface area (Å²) >= 11 is 12.2. The first-order valence-electron chi connectivity index (χ1n) is 12.1. The van der Waals surface area contributed by atoms with Gasteiger partial charge in [0.05, 0.1) is 15.5 Å². The van der Waals surface area contributed by atoms with E-state index in [1.54, 1.807) is 0 Å². The molecule has 1 aliphatic rings. The molecule has 1 fully saturated rings. The Labute approximate surface area is 222 Å². The predicted molar refractivity (Wildman–Crippen MR) is 145 cm³/mol. The van der Waals surface area contributed by atoms with Crippen LogP contribution < -0.4 is 10.5 Å².